The Morgan fingerprint density at radius 1 is 1.17 bits per heavy atom. The van der Waals surface area contributed by atoms with Crippen LogP contribution < -0.4 is 5.73 Å². The number of aryl methyl sites for hydroxylation is 3. The SMILES string of the molecule is CCn1ccc(-c2nc(CC(N)=O)nn2-c2cc(C)cc(C)c2)n1. The van der Waals surface area contributed by atoms with Gasteiger partial charge in [-0.2, -0.15) is 10.2 Å². The van der Waals surface area contributed by atoms with Crippen LogP contribution in [0.4, 0.5) is 0 Å². The van der Waals surface area contributed by atoms with E-state index in [9.17, 15) is 4.79 Å². The standard InChI is InChI=1S/C17H20N6O/c1-4-22-6-5-14(20-22)17-19-16(10-15(18)24)21-23(17)13-8-11(2)7-12(3)9-13/h5-9H,4,10H2,1-3H3,(H2,18,24). The van der Waals surface area contributed by atoms with Crippen molar-refractivity contribution >= 4 is 5.91 Å². The summed E-state index contributed by atoms with van der Waals surface area (Å²) in [5, 5.41) is 8.97. The first-order valence-electron chi connectivity index (χ1n) is 7.83. The first-order chi connectivity index (χ1) is 11.5. The Labute approximate surface area is 140 Å². The van der Waals surface area contributed by atoms with E-state index in [-0.39, 0.29) is 6.42 Å². The molecule has 7 heteroatoms. The van der Waals surface area contributed by atoms with Gasteiger partial charge in [0.15, 0.2) is 11.6 Å². The van der Waals surface area contributed by atoms with Crippen molar-refractivity contribution in [1.82, 2.24) is 24.5 Å². The molecule has 1 aromatic carbocycles. The Balaban J connectivity index is 2.15. The van der Waals surface area contributed by atoms with Crippen LogP contribution in [0.15, 0.2) is 30.5 Å². The summed E-state index contributed by atoms with van der Waals surface area (Å²) in [5.74, 6) is 0.532. The molecule has 0 unspecified atom stereocenters. The molecule has 2 N–H and O–H groups in total. The Bertz CT molecular complexity index is 872. The van der Waals surface area contributed by atoms with Crippen LogP contribution in [0.2, 0.25) is 0 Å². The van der Waals surface area contributed by atoms with Gasteiger partial charge in [-0.25, -0.2) is 9.67 Å². The number of rotatable bonds is 5. The van der Waals surface area contributed by atoms with Crippen LogP contribution >= 0.6 is 0 Å². The maximum absolute atomic E-state index is 11.2. The third-order valence-electron chi connectivity index (χ3n) is 3.63. The summed E-state index contributed by atoms with van der Waals surface area (Å²) < 4.78 is 3.55. The van der Waals surface area contributed by atoms with E-state index in [4.69, 9.17) is 5.73 Å². The van der Waals surface area contributed by atoms with Crippen molar-refractivity contribution in [2.24, 2.45) is 5.73 Å². The number of aromatic nitrogens is 5. The van der Waals surface area contributed by atoms with Crippen LogP contribution in [-0.4, -0.2) is 30.5 Å². The third kappa shape index (κ3) is 3.19. The van der Waals surface area contributed by atoms with Crippen LogP contribution in [0.3, 0.4) is 0 Å². The average Bonchev–Trinajstić information content (AvgIpc) is 3.11. The van der Waals surface area contributed by atoms with E-state index in [1.165, 1.54) is 0 Å². The number of nitrogens with zero attached hydrogens (tertiary/aromatic N) is 5. The maximum atomic E-state index is 11.2. The lowest BCUT2D eigenvalue weighted by Gasteiger charge is -2.07. The lowest BCUT2D eigenvalue weighted by atomic mass is 10.1. The summed E-state index contributed by atoms with van der Waals surface area (Å²) in [6, 6.07) is 8.03. The highest BCUT2D eigenvalue weighted by molar-refractivity contribution is 5.75. The largest absolute Gasteiger partial charge is 0.369 e. The first kappa shape index (κ1) is 15.9. The molecule has 3 aromatic rings. The van der Waals surface area contributed by atoms with Gasteiger partial charge in [-0.3, -0.25) is 9.48 Å². The molecule has 2 heterocycles. The molecule has 0 bridgehead atoms. The molecule has 2 aromatic heterocycles. The van der Waals surface area contributed by atoms with Gasteiger partial charge in [-0.05, 0) is 50.1 Å². The van der Waals surface area contributed by atoms with Gasteiger partial charge < -0.3 is 5.73 Å². The van der Waals surface area contributed by atoms with E-state index in [0.29, 0.717) is 17.3 Å². The number of benzene rings is 1. The number of hydrogen-bond acceptors (Lipinski definition) is 4. The second kappa shape index (κ2) is 6.27. The molecule has 7 nitrogen and oxygen atoms in total. The second-order valence-corrected chi connectivity index (χ2v) is 5.81. The summed E-state index contributed by atoms with van der Waals surface area (Å²) in [7, 11) is 0. The molecule has 0 aliphatic rings. The van der Waals surface area contributed by atoms with Crippen molar-refractivity contribution in [1.29, 1.82) is 0 Å². The maximum Gasteiger partial charge on any atom is 0.225 e. The third-order valence-corrected chi connectivity index (χ3v) is 3.63. The molecule has 0 saturated carbocycles. The number of carbonyl (C=O) groups excluding carboxylic acids is 1. The molecule has 0 saturated heterocycles. The lowest BCUT2D eigenvalue weighted by Crippen LogP contribution is -2.14. The summed E-state index contributed by atoms with van der Waals surface area (Å²) >= 11 is 0. The molecular weight excluding hydrogens is 304 g/mol. The predicted octanol–water partition coefficient (Wildman–Crippen LogP) is 1.80. The van der Waals surface area contributed by atoms with Crippen molar-refractivity contribution < 1.29 is 4.79 Å². The topological polar surface area (TPSA) is 91.6 Å². The minimum Gasteiger partial charge on any atom is -0.369 e. The van der Waals surface area contributed by atoms with E-state index in [2.05, 4.69) is 21.2 Å². The van der Waals surface area contributed by atoms with Gasteiger partial charge >= 0.3 is 0 Å². The fraction of sp³-hybridized carbons (Fsp3) is 0.294. The molecule has 0 fully saturated rings. The lowest BCUT2D eigenvalue weighted by molar-refractivity contribution is -0.117. The number of carbonyl (C=O) groups is 1. The molecular formula is C17H20N6O. The van der Waals surface area contributed by atoms with Crippen LogP contribution in [0.25, 0.3) is 17.2 Å². The zero-order chi connectivity index (χ0) is 17.3. The van der Waals surface area contributed by atoms with Crippen molar-refractivity contribution in [2.45, 2.75) is 33.7 Å². The monoisotopic (exact) mass is 324 g/mol. The fourth-order valence-corrected chi connectivity index (χ4v) is 2.66. The summed E-state index contributed by atoms with van der Waals surface area (Å²) in [6.07, 6.45) is 1.89. The zero-order valence-electron chi connectivity index (χ0n) is 14.0. The minimum atomic E-state index is -0.460. The van der Waals surface area contributed by atoms with Gasteiger partial charge in [0.2, 0.25) is 5.91 Å². The van der Waals surface area contributed by atoms with E-state index < -0.39 is 5.91 Å². The second-order valence-electron chi connectivity index (χ2n) is 5.81. The Morgan fingerprint density at radius 2 is 1.88 bits per heavy atom. The van der Waals surface area contributed by atoms with Crippen LogP contribution in [0.5, 0.6) is 0 Å². The Kier molecular flexibility index (Phi) is 4.16. The van der Waals surface area contributed by atoms with Gasteiger partial charge in [0.1, 0.15) is 5.69 Å². The zero-order valence-corrected chi connectivity index (χ0v) is 14.0. The molecule has 24 heavy (non-hydrogen) atoms. The number of primary amides is 1. The fourth-order valence-electron chi connectivity index (χ4n) is 2.66. The highest BCUT2D eigenvalue weighted by atomic mass is 16.1. The number of nitrogens with two attached hydrogens (primary N) is 1. The van der Waals surface area contributed by atoms with Gasteiger partial charge in [0.05, 0.1) is 12.1 Å². The molecule has 0 spiro atoms. The molecule has 0 atom stereocenters. The van der Waals surface area contributed by atoms with E-state index in [1.807, 2.05) is 49.8 Å². The van der Waals surface area contributed by atoms with Crippen molar-refractivity contribution in [3.63, 3.8) is 0 Å². The van der Waals surface area contributed by atoms with Gasteiger partial charge in [0.25, 0.3) is 0 Å². The van der Waals surface area contributed by atoms with E-state index in [0.717, 1.165) is 23.4 Å². The van der Waals surface area contributed by atoms with Gasteiger partial charge in [-0.1, -0.05) is 6.07 Å². The molecule has 0 radical (unpaired) electrons. The van der Waals surface area contributed by atoms with Crippen molar-refractivity contribution in [3.8, 4) is 17.2 Å². The smallest absolute Gasteiger partial charge is 0.225 e. The van der Waals surface area contributed by atoms with Gasteiger partial charge in [-0.15, -0.1) is 0 Å². The summed E-state index contributed by atoms with van der Waals surface area (Å²) in [5.41, 5.74) is 9.13. The molecule has 1 amide bonds. The normalized spacial score (nSPS) is 11.0. The van der Waals surface area contributed by atoms with E-state index in [1.54, 1.807) is 4.68 Å². The van der Waals surface area contributed by atoms with Crippen molar-refractivity contribution in [3.05, 3.63) is 47.4 Å². The van der Waals surface area contributed by atoms with Gasteiger partial charge in [0, 0.05) is 12.7 Å². The molecule has 3 rings (SSSR count). The quantitative estimate of drug-likeness (QED) is 0.774. The summed E-state index contributed by atoms with van der Waals surface area (Å²) in [6.45, 7) is 6.85. The Hall–Kier alpha value is -2.96. The highest BCUT2D eigenvalue weighted by Crippen LogP contribution is 2.21. The minimum absolute atomic E-state index is 0.000710. The molecule has 124 valence electrons. The molecule has 0 aliphatic carbocycles. The number of amides is 1. The first-order valence-corrected chi connectivity index (χ1v) is 7.83. The van der Waals surface area contributed by atoms with Crippen molar-refractivity contribution in [2.75, 3.05) is 0 Å². The van der Waals surface area contributed by atoms with Crippen LogP contribution in [0, 0.1) is 13.8 Å². The number of hydrogen-bond donors (Lipinski definition) is 1. The van der Waals surface area contributed by atoms with Crippen LogP contribution in [0.1, 0.15) is 23.9 Å². The predicted molar refractivity (Wildman–Crippen MR) is 90.6 cm³/mol. The average molecular weight is 324 g/mol. The van der Waals surface area contributed by atoms with Crippen LogP contribution in [-0.2, 0) is 17.8 Å². The highest BCUT2D eigenvalue weighted by Gasteiger charge is 2.17. The Morgan fingerprint density at radius 3 is 2.46 bits per heavy atom. The molecule has 0 aliphatic heterocycles. The summed E-state index contributed by atoms with van der Waals surface area (Å²) in [4.78, 5) is 15.7. The van der Waals surface area contributed by atoms with E-state index >= 15 is 0 Å².